The van der Waals surface area contributed by atoms with Gasteiger partial charge in [-0.1, -0.05) is 27.7 Å². The molecule has 1 saturated heterocycles. The number of hydrogen-bond acceptors (Lipinski definition) is 3. The molecule has 1 N–H and O–H groups in total. The number of nitrogens with zero attached hydrogens (tertiary/aromatic N) is 1. The van der Waals surface area contributed by atoms with Crippen molar-refractivity contribution in [3.05, 3.63) is 0 Å². The standard InChI is InChI=1S/C16H30N2O2/c1-14(2,3)20-13(19)18-9-11(10-18)17-8-12-15(4,5)16(12,6)7/h11-12,17H,8-10H2,1-7H3. The minimum Gasteiger partial charge on any atom is -0.444 e. The van der Waals surface area contributed by atoms with Gasteiger partial charge in [-0.2, -0.15) is 0 Å². The summed E-state index contributed by atoms with van der Waals surface area (Å²) in [4.78, 5) is 13.6. The first kappa shape index (κ1) is 15.6. The Labute approximate surface area is 123 Å². The van der Waals surface area contributed by atoms with Gasteiger partial charge in [0.15, 0.2) is 0 Å². The van der Waals surface area contributed by atoms with Gasteiger partial charge in [0.05, 0.1) is 0 Å². The van der Waals surface area contributed by atoms with Crippen molar-refractivity contribution >= 4 is 6.09 Å². The van der Waals surface area contributed by atoms with Crippen molar-refractivity contribution in [1.82, 2.24) is 10.2 Å². The molecular weight excluding hydrogens is 252 g/mol. The monoisotopic (exact) mass is 282 g/mol. The van der Waals surface area contributed by atoms with Gasteiger partial charge < -0.3 is 15.0 Å². The lowest BCUT2D eigenvalue weighted by Gasteiger charge is -2.40. The molecule has 0 radical (unpaired) electrons. The molecule has 1 heterocycles. The molecular formula is C16H30N2O2. The zero-order valence-corrected chi connectivity index (χ0v) is 14.0. The van der Waals surface area contributed by atoms with E-state index in [4.69, 9.17) is 4.74 Å². The van der Waals surface area contributed by atoms with Gasteiger partial charge in [-0.25, -0.2) is 4.79 Å². The summed E-state index contributed by atoms with van der Waals surface area (Å²) in [6.45, 7) is 17.6. The Morgan fingerprint density at radius 3 is 2.10 bits per heavy atom. The van der Waals surface area contributed by atoms with Crippen LogP contribution in [0.1, 0.15) is 48.5 Å². The molecule has 0 unspecified atom stereocenters. The number of likely N-dealkylation sites (tertiary alicyclic amines) is 1. The summed E-state index contributed by atoms with van der Waals surface area (Å²) in [6.07, 6.45) is -0.192. The SMILES string of the molecule is CC(C)(C)OC(=O)N1CC(NCC2C(C)(C)C2(C)C)C1. The quantitative estimate of drug-likeness (QED) is 0.865. The average Bonchev–Trinajstić information content (AvgIpc) is 2.54. The van der Waals surface area contributed by atoms with Gasteiger partial charge in [0, 0.05) is 19.1 Å². The van der Waals surface area contributed by atoms with Crippen LogP contribution < -0.4 is 5.32 Å². The molecule has 2 aliphatic rings. The van der Waals surface area contributed by atoms with E-state index < -0.39 is 5.60 Å². The summed E-state index contributed by atoms with van der Waals surface area (Å²) in [5.41, 5.74) is 0.445. The number of hydrogen-bond donors (Lipinski definition) is 1. The summed E-state index contributed by atoms with van der Waals surface area (Å²) >= 11 is 0. The zero-order chi connectivity index (χ0) is 15.3. The summed E-state index contributed by atoms with van der Waals surface area (Å²) in [5.74, 6) is 0.727. The van der Waals surface area contributed by atoms with Gasteiger partial charge in [0.25, 0.3) is 0 Å². The molecule has 116 valence electrons. The third kappa shape index (κ3) is 2.80. The maximum atomic E-state index is 11.8. The lowest BCUT2D eigenvalue weighted by Crippen LogP contribution is -2.60. The molecule has 1 saturated carbocycles. The first-order chi connectivity index (χ1) is 8.95. The molecule has 4 nitrogen and oxygen atoms in total. The number of ether oxygens (including phenoxy) is 1. The van der Waals surface area contributed by atoms with E-state index in [9.17, 15) is 4.79 Å². The molecule has 0 aromatic heterocycles. The Morgan fingerprint density at radius 2 is 1.70 bits per heavy atom. The van der Waals surface area contributed by atoms with Crippen LogP contribution in [0.5, 0.6) is 0 Å². The molecule has 0 atom stereocenters. The van der Waals surface area contributed by atoms with Crippen molar-refractivity contribution in [2.24, 2.45) is 16.7 Å². The van der Waals surface area contributed by atoms with Crippen LogP contribution in [0.25, 0.3) is 0 Å². The van der Waals surface area contributed by atoms with Gasteiger partial charge in [-0.15, -0.1) is 0 Å². The van der Waals surface area contributed by atoms with Crippen molar-refractivity contribution in [3.63, 3.8) is 0 Å². The molecule has 1 aliphatic heterocycles. The molecule has 2 rings (SSSR count). The van der Waals surface area contributed by atoms with Crippen molar-refractivity contribution < 1.29 is 9.53 Å². The minimum absolute atomic E-state index is 0.192. The molecule has 0 spiro atoms. The molecule has 2 fully saturated rings. The molecule has 4 heteroatoms. The fourth-order valence-corrected chi connectivity index (χ4v) is 3.21. The molecule has 0 bridgehead atoms. The third-order valence-electron chi connectivity index (χ3n) is 5.46. The number of nitrogens with one attached hydrogen (secondary N) is 1. The van der Waals surface area contributed by atoms with Crippen molar-refractivity contribution in [3.8, 4) is 0 Å². The van der Waals surface area contributed by atoms with Crippen LogP contribution in [0.3, 0.4) is 0 Å². The fourth-order valence-electron chi connectivity index (χ4n) is 3.21. The van der Waals surface area contributed by atoms with E-state index in [2.05, 4.69) is 33.0 Å². The number of rotatable bonds is 3. The number of carbonyl (C=O) groups is 1. The van der Waals surface area contributed by atoms with Gasteiger partial charge in [0.1, 0.15) is 5.60 Å². The highest BCUT2D eigenvalue weighted by Crippen LogP contribution is 2.67. The van der Waals surface area contributed by atoms with Crippen LogP contribution in [0, 0.1) is 16.7 Å². The Morgan fingerprint density at radius 1 is 1.20 bits per heavy atom. The topological polar surface area (TPSA) is 41.6 Å². The Bertz CT molecular complexity index is 376. The molecule has 0 aromatic carbocycles. The molecule has 20 heavy (non-hydrogen) atoms. The molecule has 0 aromatic rings. The summed E-state index contributed by atoms with van der Waals surface area (Å²) < 4.78 is 5.35. The lowest BCUT2D eigenvalue weighted by atomic mass is 10.0. The Hall–Kier alpha value is -0.770. The largest absolute Gasteiger partial charge is 0.444 e. The van der Waals surface area contributed by atoms with E-state index in [1.165, 1.54) is 0 Å². The van der Waals surface area contributed by atoms with Crippen LogP contribution in [0.4, 0.5) is 4.79 Å². The highest BCUT2D eigenvalue weighted by molar-refractivity contribution is 5.69. The Balaban J connectivity index is 1.67. The highest BCUT2D eigenvalue weighted by atomic mass is 16.6. The molecule has 1 amide bonds. The van der Waals surface area contributed by atoms with Crippen molar-refractivity contribution in [2.75, 3.05) is 19.6 Å². The smallest absolute Gasteiger partial charge is 0.410 e. The predicted molar refractivity (Wildman–Crippen MR) is 80.6 cm³/mol. The van der Waals surface area contributed by atoms with E-state index in [1.807, 2.05) is 20.8 Å². The Kier molecular flexibility index (Phi) is 3.61. The first-order valence-corrected chi connectivity index (χ1v) is 7.66. The minimum atomic E-state index is -0.405. The number of amides is 1. The van der Waals surface area contributed by atoms with Gasteiger partial charge in [-0.3, -0.25) is 0 Å². The summed E-state index contributed by atoms with van der Waals surface area (Å²) in [5, 5.41) is 3.59. The van der Waals surface area contributed by atoms with Crippen LogP contribution in [0.15, 0.2) is 0 Å². The predicted octanol–water partition coefficient (Wildman–Crippen LogP) is 2.88. The number of carbonyl (C=O) groups excluding carboxylic acids is 1. The van der Waals surface area contributed by atoms with Crippen LogP contribution in [0.2, 0.25) is 0 Å². The second kappa shape index (κ2) is 4.62. The van der Waals surface area contributed by atoms with Crippen molar-refractivity contribution in [2.45, 2.75) is 60.1 Å². The van der Waals surface area contributed by atoms with Crippen LogP contribution >= 0.6 is 0 Å². The zero-order valence-electron chi connectivity index (χ0n) is 14.0. The maximum Gasteiger partial charge on any atom is 0.410 e. The normalized spacial score (nSPS) is 25.2. The van der Waals surface area contributed by atoms with Crippen LogP contribution in [-0.2, 0) is 4.74 Å². The molecule has 1 aliphatic carbocycles. The lowest BCUT2D eigenvalue weighted by molar-refractivity contribution is 0.00514. The first-order valence-electron chi connectivity index (χ1n) is 7.66. The van der Waals surface area contributed by atoms with Crippen molar-refractivity contribution in [1.29, 1.82) is 0 Å². The van der Waals surface area contributed by atoms with E-state index in [0.29, 0.717) is 16.9 Å². The third-order valence-corrected chi connectivity index (χ3v) is 5.46. The maximum absolute atomic E-state index is 11.8. The van der Waals surface area contributed by atoms with Gasteiger partial charge >= 0.3 is 6.09 Å². The van der Waals surface area contributed by atoms with E-state index >= 15 is 0 Å². The fraction of sp³-hybridized carbons (Fsp3) is 0.938. The van der Waals surface area contributed by atoms with Crippen LogP contribution in [-0.4, -0.2) is 42.3 Å². The summed E-state index contributed by atoms with van der Waals surface area (Å²) in [7, 11) is 0. The highest BCUT2D eigenvalue weighted by Gasteiger charge is 2.64. The second-order valence-electron chi connectivity index (χ2n) is 8.49. The van der Waals surface area contributed by atoms with E-state index in [1.54, 1.807) is 4.90 Å². The van der Waals surface area contributed by atoms with E-state index in [-0.39, 0.29) is 6.09 Å². The van der Waals surface area contributed by atoms with Gasteiger partial charge in [0.2, 0.25) is 0 Å². The second-order valence-corrected chi connectivity index (χ2v) is 8.49. The van der Waals surface area contributed by atoms with Gasteiger partial charge in [-0.05, 0) is 44.1 Å². The van der Waals surface area contributed by atoms with E-state index in [0.717, 1.165) is 25.6 Å². The average molecular weight is 282 g/mol. The summed E-state index contributed by atoms with van der Waals surface area (Å²) in [6, 6.07) is 0.426.